The van der Waals surface area contributed by atoms with E-state index in [9.17, 15) is 13.2 Å². The molecule has 0 radical (unpaired) electrons. The van der Waals surface area contributed by atoms with Gasteiger partial charge in [-0.3, -0.25) is 9.78 Å². The molecular weight excluding hydrogens is 540 g/mol. The third-order valence-corrected chi connectivity index (χ3v) is 10.5. The highest BCUT2D eigenvalue weighted by atomic mass is 32.2. The number of hydrogen-bond acceptors (Lipinski definition) is 6. The van der Waals surface area contributed by atoms with Crippen molar-refractivity contribution in [3.05, 3.63) is 76.9 Å². The van der Waals surface area contributed by atoms with Crippen molar-refractivity contribution in [1.29, 1.82) is 0 Å². The number of sulfonamides is 1. The third-order valence-electron chi connectivity index (χ3n) is 8.22. The van der Waals surface area contributed by atoms with Gasteiger partial charge in [-0.25, -0.2) is 8.42 Å². The zero-order valence-corrected chi connectivity index (χ0v) is 25.0. The zero-order chi connectivity index (χ0) is 29.0. The summed E-state index contributed by atoms with van der Waals surface area (Å²) in [6.45, 7) is 6.13. The summed E-state index contributed by atoms with van der Waals surface area (Å²) >= 11 is 0. The van der Waals surface area contributed by atoms with Crippen LogP contribution in [0.2, 0.25) is 0 Å². The number of methoxy groups -OCH3 is 1. The molecule has 220 valence electrons. The maximum Gasteiger partial charge on any atom is 0.248 e. The molecule has 1 amide bonds. The third kappa shape index (κ3) is 6.50. The van der Waals surface area contributed by atoms with Crippen LogP contribution in [0.1, 0.15) is 47.3 Å². The normalized spacial score (nSPS) is 17.8. The van der Waals surface area contributed by atoms with Gasteiger partial charge in [-0.15, -0.1) is 0 Å². The maximum atomic E-state index is 13.8. The Labute approximate surface area is 243 Å². The number of piperidine rings is 1. The molecule has 4 heterocycles. The van der Waals surface area contributed by atoms with Crippen molar-refractivity contribution < 1.29 is 22.7 Å². The van der Waals surface area contributed by atoms with E-state index in [4.69, 9.17) is 9.47 Å². The predicted octanol–water partition coefficient (Wildman–Crippen LogP) is 3.90. The highest BCUT2D eigenvalue weighted by Gasteiger charge is 2.36. The molecule has 5 rings (SSSR count). The van der Waals surface area contributed by atoms with E-state index in [0.29, 0.717) is 47.8 Å². The van der Waals surface area contributed by atoms with E-state index in [-0.39, 0.29) is 25.2 Å². The molecule has 1 unspecified atom stereocenters. The average Bonchev–Trinajstić information content (AvgIpc) is 3.38. The van der Waals surface area contributed by atoms with Gasteiger partial charge in [0, 0.05) is 49.5 Å². The maximum absolute atomic E-state index is 13.8. The minimum Gasteiger partial charge on any atom is -0.497 e. The molecule has 1 aromatic carbocycles. The lowest BCUT2D eigenvalue weighted by molar-refractivity contribution is -0.138. The first kappa shape index (κ1) is 29.3. The van der Waals surface area contributed by atoms with Crippen LogP contribution in [0.4, 0.5) is 0 Å². The fraction of sp³-hybridized carbons (Fsp3) is 0.484. The summed E-state index contributed by atoms with van der Waals surface area (Å²) in [4.78, 5) is 19.3. The highest BCUT2D eigenvalue weighted by molar-refractivity contribution is 7.89. The van der Waals surface area contributed by atoms with Crippen molar-refractivity contribution >= 4 is 15.9 Å². The number of fused-ring (bicyclic) bond motifs is 1. The summed E-state index contributed by atoms with van der Waals surface area (Å²) in [5.74, 6) is 0.574. The van der Waals surface area contributed by atoms with Gasteiger partial charge in [0.25, 0.3) is 0 Å². The minimum atomic E-state index is -3.73. The Bertz CT molecular complexity index is 1450. The number of carbonyl (C=O) groups excluding carboxylic acids is 1. The van der Waals surface area contributed by atoms with Crippen LogP contribution >= 0.6 is 0 Å². The van der Waals surface area contributed by atoms with E-state index in [1.165, 1.54) is 11.3 Å². The fourth-order valence-electron chi connectivity index (χ4n) is 6.11. The molecule has 41 heavy (non-hydrogen) atoms. The van der Waals surface area contributed by atoms with Gasteiger partial charge in [0.2, 0.25) is 15.9 Å². The molecule has 2 aliphatic heterocycles. The second-order valence-electron chi connectivity index (χ2n) is 11.0. The first-order valence-electron chi connectivity index (χ1n) is 14.4. The van der Waals surface area contributed by atoms with Crippen LogP contribution in [-0.2, 0) is 45.5 Å². The summed E-state index contributed by atoms with van der Waals surface area (Å²) in [7, 11) is -2.15. The Kier molecular flexibility index (Phi) is 9.11. The van der Waals surface area contributed by atoms with Gasteiger partial charge in [-0.1, -0.05) is 6.42 Å². The largest absolute Gasteiger partial charge is 0.497 e. The van der Waals surface area contributed by atoms with Gasteiger partial charge < -0.3 is 18.9 Å². The molecule has 0 N–H and O–H groups in total. The average molecular weight is 581 g/mol. The van der Waals surface area contributed by atoms with Crippen LogP contribution in [0, 0.1) is 13.8 Å². The summed E-state index contributed by atoms with van der Waals surface area (Å²) in [6.07, 6.45) is 7.98. The summed E-state index contributed by atoms with van der Waals surface area (Å²) in [6, 6.07) is 11.6. The van der Waals surface area contributed by atoms with E-state index in [1.54, 1.807) is 37.4 Å². The van der Waals surface area contributed by atoms with Gasteiger partial charge >= 0.3 is 0 Å². The van der Waals surface area contributed by atoms with Crippen LogP contribution in [0.25, 0.3) is 0 Å². The van der Waals surface area contributed by atoms with Gasteiger partial charge in [-0.05, 0) is 92.6 Å². The van der Waals surface area contributed by atoms with E-state index in [0.717, 1.165) is 37.9 Å². The molecule has 3 aromatic rings. The lowest BCUT2D eigenvalue weighted by Crippen LogP contribution is -2.47. The number of pyridine rings is 1. The smallest absolute Gasteiger partial charge is 0.248 e. The van der Waals surface area contributed by atoms with E-state index in [1.807, 2.05) is 29.4 Å². The number of ether oxygens (including phenoxy) is 2. The van der Waals surface area contributed by atoms with Crippen molar-refractivity contribution in [2.75, 3.05) is 33.4 Å². The van der Waals surface area contributed by atoms with Gasteiger partial charge in [0.1, 0.15) is 12.4 Å². The molecule has 1 fully saturated rings. The zero-order valence-electron chi connectivity index (χ0n) is 24.2. The first-order chi connectivity index (χ1) is 19.8. The molecule has 0 saturated carbocycles. The monoisotopic (exact) mass is 580 g/mol. The van der Waals surface area contributed by atoms with Crippen molar-refractivity contribution in [3.63, 3.8) is 0 Å². The van der Waals surface area contributed by atoms with Gasteiger partial charge in [0.05, 0.1) is 25.2 Å². The molecule has 9 nitrogen and oxygen atoms in total. The molecule has 1 saturated heterocycles. The summed E-state index contributed by atoms with van der Waals surface area (Å²) in [5.41, 5.74) is 5.00. The van der Waals surface area contributed by atoms with Crippen LogP contribution in [0.3, 0.4) is 0 Å². The number of aromatic nitrogens is 2. The Hall–Kier alpha value is -3.21. The van der Waals surface area contributed by atoms with E-state index >= 15 is 0 Å². The van der Waals surface area contributed by atoms with Crippen molar-refractivity contribution in [2.24, 2.45) is 0 Å². The lowest BCUT2D eigenvalue weighted by Gasteiger charge is -2.35. The SMILES string of the molecule is COc1cc(C)c(S(=O)(=O)N2CCCCC2COCC(=O)N2CCn3c(CCc4ccncc4)ccc3C2)c(C)c1. The number of amides is 1. The second kappa shape index (κ2) is 12.8. The van der Waals surface area contributed by atoms with Crippen LogP contribution in [0.15, 0.2) is 53.7 Å². The Balaban J connectivity index is 1.16. The number of rotatable bonds is 10. The molecule has 0 bridgehead atoms. The van der Waals surface area contributed by atoms with Crippen molar-refractivity contribution in [2.45, 2.75) is 70.0 Å². The van der Waals surface area contributed by atoms with E-state index < -0.39 is 10.0 Å². The topological polar surface area (TPSA) is 94.0 Å². The molecule has 10 heteroatoms. The molecule has 2 aliphatic rings. The predicted molar refractivity (Wildman–Crippen MR) is 156 cm³/mol. The lowest BCUT2D eigenvalue weighted by atomic mass is 10.1. The number of carbonyl (C=O) groups is 1. The molecular formula is C31H40N4O5S. The molecule has 0 aliphatic carbocycles. The number of hydrogen-bond donors (Lipinski definition) is 0. The summed E-state index contributed by atoms with van der Waals surface area (Å²) < 4.78 is 42.7. The Morgan fingerprint density at radius 3 is 2.49 bits per heavy atom. The highest BCUT2D eigenvalue weighted by Crippen LogP contribution is 2.32. The van der Waals surface area contributed by atoms with Crippen LogP contribution < -0.4 is 4.74 Å². The molecule has 1 atom stereocenters. The molecule has 2 aromatic heterocycles. The Morgan fingerprint density at radius 1 is 1.00 bits per heavy atom. The van der Waals surface area contributed by atoms with Crippen LogP contribution in [0.5, 0.6) is 5.75 Å². The van der Waals surface area contributed by atoms with Crippen LogP contribution in [-0.4, -0.2) is 72.5 Å². The van der Waals surface area contributed by atoms with Gasteiger partial charge in [0.15, 0.2) is 0 Å². The number of benzene rings is 1. The standard InChI is InChI=1S/C31H40N4O5S/c1-23-18-29(39-3)19-24(2)31(23)41(37,38)35-15-5-4-6-28(35)21-40-22-30(36)33-16-17-34-26(9-10-27(34)20-33)8-7-25-11-13-32-14-12-25/h9-14,18-19,28H,4-8,15-17,20-22H2,1-3H3. The fourth-order valence-corrected chi connectivity index (χ4v) is 8.21. The van der Waals surface area contributed by atoms with Crippen molar-refractivity contribution in [1.82, 2.24) is 18.8 Å². The number of nitrogens with zero attached hydrogens (tertiary/aromatic N) is 4. The van der Waals surface area contributed by atoms with Gasteiger partial charge in [-0.2, -0.15) is 4.31 Å². The van der Waals surface area contributed by atoms with E-state index in [2.05, 4.69) is 21.7 Å². The minimum absolute atomic E-state index is 0.0550. The number of aryl methyl sites for hydroxylation is 4. The quantitative estimate of drug-likeness (QED) is 0.361. The first-order valence-corrected chi connectivity index (χ1v) is 15.8. The molecule has 0 spiro atoms. The second-order valence-corrected chi connectivity index (χ2v) is 12.8. The summed E-state index contributed by atoms with van der Waals surface area (Å²) in [5, 5.41) is 0. The Morgan fingerprint density at radius 2 is 1.76 bits per heavy atom. The van der Waals surface area contributed by atoms with Crippen molar-refractivity contribution in [3.8, 4) is 5.75 Å².